The standard InChI is InChI=1S/C33H36N2O2S2/c1-24-10-8-13-26(20-24)23-35-29-22-27(32(36)34-18-9-19-38-28-14-6-3-7-15-28)16-17-30(29)39-31(33(35)37)21-25-11-4-2-5-12-25/h2,4-5,8,10-13,16-17,20-22,28H,3,6-7,9,14-15,18-19,23H2,1H3,(H,34,36). The highest BCUT2D eigenvalue weighted by Crippen LogP contribution is 2.43. The minimum Gasteiger partial charge on any atom is -0.352 e. The Kier molecular flexibility index (Phi) is 9.49. The molecule has 1 aliphatic carbocycles. The Balaban J connectivity index is 1.31. The summed E-state index contributed by atoms with van der Waals surface area (Å²) in [6.45, 7) is 3.17. The molecule has 3 aromatic rings. The zero-order valence-electron chi connectivity index (χ0n) is 22.5. The maximum absolute atomic E-state index is 13.8. The van der Waals surface area contributed by atoms with Crippen molar-refractivity contribution in [2.75, 3.05) is 17.2 Å². The third-order valence-electron chi connectivity index (χ3n) is 7.22. The number of hydrogen-bond acceptors (Lipinski definition) is 4. The molecule has 5 rings (SSSR count). The number of benzene rings is 3. The summed E-state index contributed by atoms with van der Waals surface area (Å²) in [6.07, 6.45) is 9.69. The molecule has 1 fully saturated rings. The molecule has 1 heterocycles. The van der Waals surface area contributed by atoms with Crippen molar-refractivity contribution in [1.29, 1.82) is 0 Å². The Morgan fingerprint density at radius 1 is 1.03 bits per heavy atom. The van der Waals surface area contributed by atoms with E-state index in [1.165, 1.54) is 43.9 Å². The van der Waals surface area contributed by atoms with Gasteiger partial charge in [-0.1, -0.05) is 91.2 Å². The number of anilines is 1. The summed E-state index contributed by atoms with van der Waals surface area (Å²) in [4.78, 5) is 30.3. The zero-order chi connectivity index (χ0) is 27.0. The lowest BCUT2D eigenvalue weighted by atomic mass is 10.0. The summed E-state index contributed by atoms with van der Waals surface area (Å²) in [5.74, 6) is 0.954. The predicted molar refractivity (Wildman–Crippen MR) is 165 cm³/mol. The Bertz CT molecular complexity index is 1330. The molecule has 0 spiro atoms. The van der Waals surface area contributed by atoms with Crippen molar-refractivity contribution in [3.8, 4) is 0 Å². The van der Waals surface area contributed by atoms with Crippen molar-refractivity contribution in [3.05, 3.63) is 100.0 Å². The van der Waals surface area contributed by atoms with Gasteiger partial charge in [-0.25, -0.2) is 0 Å². The van der Waals surface area contributed by atoms with E-state index in [1.807, 2.05) is 71.6 Å². The van der Waals surface area contributed by atoms with E-state index in [4.69, 9.17) is 0 Å². The van der Waals surface area contributed by atoms with Gasteiger partial charge in [0.2, 0.25) is 0 Å². The van der Waals surface area contributed by atoms with E-state index >= 15 is 0 Å². The molecule has 1 aliphatic heterocycles. The number of rotatable bonds is 9. The van der Waals surface area contributed by atoms with Gasteiger partial charge in [-0.3, -0.25) is 9.59 Å². The van der Waals surface area contributed by atoms with E-state index in [0.29, 0.717) is 23.6 Å². The Morgan fingerprint density at radius 2 is 1.85 bits per heavy atom. The maximum atomic E-state index is 13.8. The third-order valence-corrected chi connectivity index (χ3v) is 9.77. The normalized spacial score (nSPS) is 16.8. The average molecular weight is 557 g/mol. The molecule has 0 atom stereocenters. The number of fused-ring (bicyclic) bond motifs is 1. The van der Waals surface area contributed by atoms with Crippen LogP contribution in [0.1, 0.15) is 65.6 Å². The van der Waals surface area contributed by atoms with Gasteiger partial charge >= 0.3 is 0 Å². The largest absolute Gasteiger partial charge is 0.352 e. The van der Waals surface area contributed by atoms with Crippen LogP contribution in [0.15, 0.2) is 82.6 Å². The second kappa shape index (κ2) is 13.4. The first-order chi connectivity index (χ1) is 19.1. The molecule has 2 aliphatic rings. The van der Waals surface area contributed by atoms with Crippen molar-refractivity contribution < 1.29 is 9.59 Å². The Labute approximate surface area is 240 Å². The van der Waals surface area contributed by atoms with Crippen molar-refractivity contribution >= 4 is 47.1 Å². The fourth-order valence-electron chi connectivity index (χ4n) is 5.16. The van der Waals surface area contributed by atoms with E-state index in [1.54, 1.807) is 0 Å². The van der Waals surface area contributed by atoms with Gasteiger partial charge in [-0.2, -0.15) is 11.8 Å². The topological polar surface area (TPSA) is 49.4 Å². The fourth-order valence-corrected chi connectivity index (χ4v) is 7.51. The number of aryl methyl sites for hydroxylation is 1. The molecule has 0 aromatic heterocycles. The van der Waals surface area contributed by atoms with Crippen molar-refractivity contribution in [2.45, 2.75) is 62.1 Å². The van der Waals surface area contributed by atoms with Gasteiger partial charge in [0.1, 0.15) is 0 Å². The zero-order valence-corrected chi connectivity index (χ0v) is 24.2. The fraction of sp³-hybridized carbons (Fsp3) is 0.333. The van der Waals surface area contributed by atoms with Gasteiger partial charge < -0.3 is 10.2 Å². The highest BCUT2D eigenvalue weighted by molar-refractivity contribution is 8.04. The Morgan fingerprint density at radius 3 is 2.64 bits per heavy atom. The minimum atomic E-state index is -0.0842. The van der Waals surface area contributed by atoms with Gasteiger partial charge in [-0.05, 0) is 67.3 Å². The molecular formula is C33H36N2O2S2. The number of carbonyl (C=O) groups excluding carboxylic acids is 2. The molecule has 4 nitrogen and oxygen atoms in total. The van der Waals surface area contributed by atoms with Gasteiger partial charge in [0, 0.05) is 22.3 Å². The molecule has 0 unspecified atom stereocenters. The molecule has 1 N–H and O–H groups in total. The summed E-state index contributed by atoms with van der Waals surface area (Å²) >= 11 is 3.53. The minimum absolute atomic E-state index is 0.0462. The van der Waals surface area contributed by atoms with Gasteiger partial charge in [0.05, 0.1) is 17.1 Å². The smallest absolute Gasteiger partial charge is 0.265 e. The average Bonchev–Trinajstić information content (AvgIpc) is 2.96. The van der Waals surface area contributed by atoms with E-state index < -0.39 is 0 Å². The van der Waals surface area contributed by atoms with Crippen LogP contribution in [-0.4, -0.2) is 29.4 Å². The third kappa shape index (κ3) is 7.37. The van der Waals surface area contributed by atoms with Gasteiger partial charge in [-0.15, -0.1) is 0 Å². The molecular weight excluding hydrogens is 521 g/mol. The van der Waals surface area contributed by atoms with E-state index in [0.717, 1.165) is 44.7 Å². The predicted octanol–water partition coefficient (Wildman–Crippen LogP) is 7.86. The van der Waals surface area contributed by atoms with Crippen LogP contribution in [0, 0.1) is 6.92 Å². The number of amides is 2. The molecule has 3 aromatic carbocycles. The van der Waals surface area contributed by atoms with E-state index in [9.17, 15) is 9.59 Å². The van der Waals surface area contributed by atoms with Crippen LogP contribution in [0.25, 0.3) is 6.08 Å². The van der Waals surface area contributed by atoms with Crippen LogP contribution in [0.3, 0.4) is 0 Å². The van der Waals surface area contributed by atoms with Crippen molar-refractivity contribution in [2.24, 2.45) is 0 Å². The van der Waals surface area contributed by atoms with Gasteiger partial charge in [0.25, 0.3) is 11.8 Å². The molecule has 0 radical (unpaired) electrons. The van der Waals surface area contributed by atoms with E-state index in [2.05, 4.69) is 36.1 Å². The molecule has 0 saturated heterocycles. The lowest BCUT2D eigenvalue weighted by molar-refractivity contribution is -0.114. The monoisotopic (exact) mass is 556 g/mol. The first-order valence-electron chi connectivity index (χ1n) is 13.9. The summed E-state index contributed by atoms with van der Waals surface area (Å²) in [6, 6.07) is 23.9. The maximum Gasteiger partial charge on any atom is 0.265 e. The number of nitrogens with one attached hydrogen (secondary N) is 1. The number of carbonyl (C=O) groups is 2. The number of thioether (sulfide) groups is 2. The van der Waals surface area contributed by atoms with Crippen LogP contribution < -0.4 is 10.2 Å². The molecule has 6 heteroatoms. The van der Waals surface area contributed by atoms with Gasteiger partial charge in [0.15, 0.2) is 0 Å². The lowest BCUT2D eigenvalue weighted by Gasteiger charge is -2.31. The molecule has 2 amide bonds. The first kappa shape index (κ1) is 27.6. The quantitative estimate of drug-likeness (QED) is 0.215. The molecule has 1 saturated carbocycles. The summed E-state index contributed by atoms with van der Waals surface area (Å²) in [7, 11) is 0. The SMILES string of the molecule is Cc1cccc(CN2C(=O)C(=Cc3ccccc3)Sc3ccc(C(=O)NCCCSC4CCCCC4)cc32)c1. The number of nitrogens with zero attached hydrogens (tertiary/aromatic N) is 1. The van der Waals surface area contributed by atoms with Crippen LogP contribution in [0.4, 0.5) is 5.69 Å². The van der Waals surface area contributed by atoms with Crippen LogP contribution >= 0.6 is 23.5 Å². The first-order valence-corrected chi connectivity index (χ1v) is 15.8. The second-order valence-electron chi connectivity index (χ2n) is 10.3. The lowest BCUT2D eigenvalue weighted by Crippen LogP contribution is -2.34. The van der Waals surface area contributed by atoms with Crippen molar-refractivity contribution in [3.63, 3.8) is 0 Å². The summed E-state index contributed by atoms with van der Waals surface area (Å²) < 4.78 is 0. The van der Waals surface area contributed by atoms with Crippen molar-refractivity contribution in [1.82, 2.24) is 5.32 Å². The second-order valence-corrected chi connectivity index (χ2v) is 12.8. The van der Waals surface area contributed by atoms with E-state index in [-0.39, 0.29) is 11.8 Å². The van der Waals surface area contributed by atoms with Crippen LogP contribution in [0.5, 0.6) is 0 Å². The summed E-state index contributed by atoms with van der Waals surface area (Å²) in [5, 5.41) is 3.89. The molecule has 0 bridgehead atoms. The number of hydrogen-bond donors (Lipinski definition) is 1. The van der Waals surface area contributed by atoms with Crippen LogP contribution in [0.2, 0.25) is 0 Å². The Hall–Kier alpha value is -2.96. The summed E-state index contributed by atoms with van der Waals surface area (Å²) in [5.41, 5.74) is 4.58. The van der Waals surface area contributed by atoms with Crippen LogP contribution in [-0.2, 0) is 11.3 Å². The highest BCUT2D eigenvalue weighted by atomic mass is 32.2. The molecule has 202 valence electrons. The molecule has 39 heavy (non-hydrogen) atoms. The highest BCUT2D eigenvalue weighted by Gasteiger charge is 2.30.